The summed E-state index contributed by atoms with van der Waals surface area (Å²) in [5, 5.41) is 5.12. The van der Waals surface area contributed by atoms with Crippen LogP contribution in [0.4, 0.5) is 0 Å². The second-order valence-electron chi connectivity index (χ2n) is 8.74. The third-order valence-corrected chi connectivity index (χ3v) is 7.01. The van der Waals surface area contributed by atoms with E-state index in [1.807, 2.05) is 42.5 Å². The first-order valence-corrected chi connectivity index (χ1v) is 11.7. The van der Waals surface area contributed by atoms with Crippen molar-refractivity contribution in [2.75, 3.05) is 14.2 Å². The molecule has 1 aliphatic carbocycles. The van der Waals surface area contributed by atoms with Gasteiger partial charge in [-0.25, -0.2) is 0 Å². The quantitative estimate of drug-likeness (QED) is 0.372. The van der Waals surface area contributed by atoms with Gasteiger partial charge in [-0.15, -0.1) is 0 Å². The summed E-state index contributed by atoms with van der Waals surface area (Å²) in [5.41, 5.74) is 5.69. The summed E-state index contributed by atoms with van der Waals surface area (Å²) in [5.74, 6) is 1.37. The van der Waals surface area contributed by atoms with Gasteiger partial charge in [0.05, 0.1) is 14.2 Å². The molecule has 0 aliphatic heterocycles. The number of carbonyl (C=O) groups is 1. The van der Waals surface area contributed by atoms with E-state index in [1.165, 1.54) is 10.9 Å². The molecule has 5 rings (SSSR count). The minimum atomic E-state index is -0.0997. The standard InChI is InChI=1S/C28H27ClN2O3/c1-16(32)30-23-15-21(18-10-13-24(33-2)25(14-18)34-3)27-20-6-4-5-7-22(20)31-28(27)26(23)17-8-11-19(29)12-9-17/h4-14,21,23,26,31H,15H2,1-3H3,(H,30,32). The molecule has 1 amide bonds. The SMILES string of the molecule is COc1ccc(C2CC(NC(C)=O)C(c3ccc(Cl)cc3)c3[nH]c4ccccc4c32)cc1OC. The monoisotopic (exact) mass is 474 g/mol. The average molecular weight is 475 g/mol. The maximum Gasteiger partial charge on any atom is 0.217 e. The van der Waals surface area contributed by atoms with Crippen molar-refractivity contribution in [1.82, 2.24) is 10.3 Å². The Balaban J connectivity index is 1.73. The molecule has 0 saturated heterocycles. The van der Waals surface area contributed by atoms with E-state index in [9.17, 15) is 4.79 Å². The second kappa shape index (κ2) is 9.07. The Bertz CT molecular complexity index is 1350. The Hall–Kier alpha value is -3.44. The van der Waals surface area contributed by atoms with Gasteiger partial charge < -0.3 is 19.8 Å². The van der Waals surface area contributed by atoms with Crippen LogP contribution in [0.2, 0.25) is 5.02 Å². The summed E-state index contributed by atoms with van der Waals surface area (Å²) in [7, 11) is 3.29. The first-order valence-electron chi connectivity index (χ1n) is 11.3. The van der Waals surface area contributed by atoms with Gasteiger partial charge in [-0.1, -0.05) is 48.0 Å². The highest BCUT2D eigenvalue weighted by molar-refractivity contribution is 6.30. The van der Waals surface area contributed by atoms with Crippen LogP contribution in [0.1, 0.15) is 47.6 Å². The van der Waals surface area contributed by atoms with Gasteiger partial charge in [0.15, 0.2) is 11.5 Å². The number of hydrogen-bond donors (Lipinski definition) is 2. The molecule has 5 nitrogen and oxygen atoms in total. The number of carbonyl (C=O) groups excluding carboxylic acids is 1. The zero-order chi connectivity index (χ0) is 23.8. The highest BCUT2D eigenvalue weighted by Crippen LogP contribution is 2.49. The predicted molar refractivity (Wildman–Crippen MR) is 135 cm³/mol. The van der Waals surface area contributed by atoms with Gasteiger partial charge in [0.25, 0.3) is 0 Å². The van der Waals surface area contributed by atoms with Gasteiger partial charge in [-0.2, -0.15) is 0 Å². The van der Waals surface area contributed by atoms with E-state index in [1.54, 1.807) is 21.1 Å². The number of methoxy groups -OCH3 is 2. The topological polar surface area (TPSA) is 63.3 Å². The molecule has 1 heterocycles. The molecular formula is C28H27ClN2O3. The first-order chi connectivity index (χ1) is 16.5. The molecule has 2 N–H and O–H groups in total. The number of benzene rings is 3. The number of rotatable bonds is 5. The van der Waals surface area contributed by atoms with Crippen LogP contribution < -0.4 is 14.8 Å². The summed E-state index contributed by atoms with van der Waals surface area (Å²) in [6.45, 7) is 1.57. The number of hydrogen-bond acceptors (Lipinski definition) is 3. The number of fused-ring (bicyclic) bond motifs is 3. The average Bonchev–Trinajstić information content (AvgIpc) is 3.23. The molecule has 4 aromatic rings. The maximum atomic E-state index is 12.3. The van der Waals surface area contributed by atoms with Gasteiger partial charge in [0.1, 0.15) is 0 Å². The lowest BCUT2D eigenvalue weighted by atomic mass is 9.71. The van der Waals surface area contributed by atoms with E-state index < -0.39 is 0 Å². The van der Waals surface area contributed by atoms with Gasteiger partial charge >= 0.3 is 0 Å². The highest BCUT2D eigenvalue weighted by atomic mass is 35.5. The molecule has 3 unspecified atom stereocenters. The van der Waals surface area contributed by atoms with Crippen LogP contribution in [0.25, 0.3) is 10.9 Å². The number of halogens is 1. The zero-order valence-electron chi connectivity index (χ0n) is 19.4. The van der Waals surface area contributed by atoms with Crippen molar-refractivity contribution < 1.29 is 14.3 Å². The van der Waals surface area contributed by atoms with Crippen LogP contribution in [0, 0.1) is 0 Å². The number of ether oxygens (including phenoxy) is 2. The maximum absolute atomic E-state index is 12.3. The van der Waals surface area contributed by atoms with Crippen LogP contribution in [0.3, 0.4) is 0 Å². The summed E-state index contributed by atoms with van der Waals surface area (Å²) in [4.78, 5) is 16.0. The first kappa shape index (κ1) is 22.4. The third-order valence-electron chi connectivity index (χ3n) is 6.76. The van der Waals surface area contributed by atoms with E-state index in [4.69, 9.17) is 21.1 Å². The third kappa shape index (κ3) is 3.90. The van der Waals surface area contributed by atoms with Gasteiger partial charge in [-0.05, 0) is 53.4 Å². The largest absolute Gasteiger partial charge is 0.493 e. The fourth-order valence-corrected chi connectivity index (χ4v) is 5.48. The smallest absolute Gasteiger partial charge is 0.217 e. The second-order valence-corrected chi connectivity index (χ2v) is 9.17. The van der Waals surface area contributed by atoms with Gasteiger partial charge in [0, 0.05) is 46.4 Å². The van der Waals surface area contributed by atoms with E-state index >= 15 is 0 Å². The van der Waals surface area contributed by atoms with Gasteiger partial charge in [-0.3, -0.25) is 4.79 Å². The summed E-state index contributed by atoms with van der Waals surface area (Å²) >= 11 is 6.19. The Labute approximate surface area is 204 Å². The van der Waals surface area contributed by atoms with Gasteiger partial charge in [0.2, 0.25) is 5.91 Å². The normalized spacial score (nSPS) is 19.5. The Kier molecular flexibility index (Phi) is 5.96. The number of nitrogens with one attached hydrogen (secondary N) is 2. The molecule has 3 atom stereocenters. The fourth-order valence-electron chi connectivity index (χ4n) is 5.36. The molecule has 0 radical (unpaired) electrons. The van der Waals surface area contributed by atoms with Crippen molar-refractivity contribution in [1.29, 1.82) is 0 Å². The number of H-pyrrole nitrogens is 1. The molecule has 3 aromatic carbocycles. The summed E-state index contributed by atoms with van der Waals surface area (Å²) in [6, 6.07) is 22.3. The van der Waals surface area contributed by atoms with Crippen LogP contribution in [-0.2, 0) is 4.79 Å². The van der Waals surface area contributed by atoms with Crippen molar-refractivity contribution in [3.63, 3.8) is 0 Å². The van der Waals surface area contributed by atoms with Crippen LogP contribution in [-0.4, -0.2) is 31.2 Å². The molecular weight excluding hydrogens is 448 g/mol. The molecule has 0 saturated carbocycles. The predicted octanol–water partition coefficient (Wildman–Crippen LogP) is 6.01. The lowest BCUT2D eigenvalue weighted by Gasteiger charge is -2.37. The van der Waals surface area contributed by atoms with Crippen molar-refractivity contribution in [3.05, 3.63) is 94.1 Å². The highest BCUT2D eigenvalue weighted by Gasteiger charge is 2.39. The summed E-state index contributed by atoms with van der Waals surface area (Å²) in [6.07, 6.45) is 0.747. The van der Waals surface area contributed by atoms with E-state index in [-0.39, 0.29) is 23.8 Å². The van der Waals surface area contributed by atoms with E-state index in [0.717, 1.165) is 28.8 Å². The molecule has 1 aromatic heterocycles. The molecule has 0 fully saturated rings. The number of para-hydroxylation sites is 1. The number of aromatic amines is 1. The van der Waals surface area contributed by atoms with Crippen LogP contribution in [0.15, 0.2) is 66.7 Å². The summed E-state index contributed by atoms with van der Waals surface area (Å²) < 4.78 is 11.1. The molecule has 6 heteroatoms. The van der Waals surface area contributed by atoms with E-state index in [0.29, 0.717) is 16.5 Å². The molecule has 0 spiro atoms. The minimum Gasteiger partial charge on any atom is -0.493 e. The molecule has 0 bridgehead atoms. The number of amides is 1. The Morgan fingerprint density at radius 2 is 1.68 bits per heavy atom. The lowest BCUT2D eigenvalue weighted by molar-refractivity contribution is -0.119. The Morgan fingerprint density at radius 3 is 2.38 bits per heavy atom. The van der Waals surface area contributed by atoms with Crippen molar-refractivity contribution in [2.45, 2.75) is 31.2 Å². The van der Waals surface area contributed by atoms with Crippen molar-refractivity contribution in [3.8, 4) is 11.5 Å². The molecule has 1 aliphatic rings. The molecule has 174 valence electrons. The van der Waals surface area contributed by atoms with E-state index in [2.05, 4.69) is 34.6 Å². The fraction of sp³-hybridized carbons (Fsp3) is 0.250. The van der Waals surface area contributed by atoms with Crippen LogP contribution in [0.5, 0.6) is 11.5 Å². The minimum absolute atomic E-state index is 0.0278. The van der Waals surface area contributed by atoms with Crippen molar-refractivity contribution in [2.24, 2.45) is 0 Å². The lowest BCUT2D eigenvalue weighted by Crippen LogP contribution is -2.42. The number of aromatic nitrogens is 1. The zero-order valence-corrected chi connectivity index (χ0v) is 20.1. The van der Waals surface area contributed by atoms with Crippen molar-refractivity contribution >= 4 is 28.4 Å². The Morgan fingerprint density at radius 1 is 0.971 bits per heavy atom. The molecule has 34 heavy (non-hydrogen) atoms. The van der Waals surface area contributed by atoms with Crippen LogP contribution >= 0.6 is 11.6 Å².